The van der Waals surface area contributed by atoms with Gasteiger partial charge in [0.15, 0.2) is 0 Å². The second-order valence-corrected chi connectivity index (χ2v) is 6.46. The van der Waals surface area contributed by atoms with E-state index in [2.05, 4.69) is 34.4 Å². The molecule has 0 aromatic carbocycles. The van der Waals surface area contributed by atoms with Gasteiger partial charge in [0.1, 0.15) is 5.82 Å². The van der Waals surface area contributed by atoms with Crippen molar-refractivity contribution < 1.29 is 0 Å². The topological polar surface area (TPSA) is 28.2 Å². The summed E-state index contributed by atoms with van der Waals surface area (Å²) in [6.07, 6.45) is 5.98. The molecule has 1 aromatic rings. The molecule has 2 aliphatic rings. The van der Waals surface area contributed by atoms with Gasteiger partial charge in [0.25, 0.3) is 0 Å². The molecule has 98 valence electrons. The highest BCUT2D eigenvalue weighted by Gasteiger charge is 2.21. The lowest BCUT2D eigenvalue weighted by atomic mass is 10.2. The molecule has 1 aromatic heterocycles. The van der Waals surface area contributed by atoms with Crippen LogP contribution < -0.4 is 10.2 Å². The zero-order valence-electron chi connectivity index (χ0n) is 10.9. The van der Waals surface area contributed by atoms with Crippen molar-refractivity contribution in [2.45, 2.75) is 37.9 Å². The lowest BCUT2D eigenvalue weighted by Gasteiger charge is -2.24. The molecule has 0 bridgehead atoms. The number of anilines is 1. The number of rotatable bonds is 5. The van der Waals surface area contributed by atoms with Crippen LogP contribution in [0.15, 0.2) is 18.3 Å². The van der Waals surface area contributed by atoms with Crippen LogP contribution in [0.4, 0.5) is 5.82 Å². The first-order chi connectivity index (χ1) is 8.83. The minimum absolute atomic E-state index is 0.665. The van der Waals surface area contributed by atoms with Gasteiger partial charge in [-0.05, 0) is 36.6 Å². The van der Waals surface area contributed by atoms with Gasteiger partial charge in [-0.2, -0.15) is 11.8 Å². The maximum atomic E-state index is 4.60. The van der Waals surface area contributed by atoms with E-state index in [-0.39, 0.29) is 0 Å². The average molecular weight is 263 g/mol. The SMILES string of the molecule is CN(c1ccc(CNC2CC2)cn1)C1CCSC1. The van der Waals surface area contributed by atoms with Crippen molar-refractivity contribution in [3.8, 4) is 0 Å². The molecule has 0 radical (unpaired) electrons. The first kappa shape index (κ1) is 12.3. The highest BCUT2D eigenvalue weighted by Crippen LogP contribution is 2.25. The predicted octanol–water partition coefficient (Wildman–Crippen LogP) is 2.28. The first-order valence-corrected chi connectivity index (χ1v) is 7.97. The Morgan fingerprint density at radius 3 is 2.89 bits per heavy atom. The Hall–Kier alpha value is -0.740. The molecule has 0 amide bonds. The average Bonchev–Trinajstić information content (AvgIpc) is 3.08. The fraction of sp³-hybridized carbons (Fsp3) is 0.643. The van der Waals surface area contributed by atoms with Gasteiger partial charge in [0.05, 0.1) is 0 Å². The summed E-state index contributed by atoms with van der Waals surface area (Å²) in [6, 6.07) is 5.80. The molecule has 18 heavy (non-hydrogen) atoms. The smallest absolute Gasteiger partial charge is 0.128 e. The maximum Gasteiger partial charge on any atom is 0.128 e. The van der Waals surface area contributed by atoms with Gasteiger partial charge in [-0.3, -0.25) is 0 Å². The maximum absolute atomic E-state index is 4.60. The van der Waals surface area contributed by atoms with E-state index in [4.69, 9.17) is 0 Å². The fourth-order valence-electron chi connectivity index (χ4n) is 2.29. The molecule has 1 aliphatic heterocycles. The van der Waals surface area contributed by atoms with Gasteiger partial charge in [-0.15, -0.1) is 0 Å². The lowest BCUT2D eigenvalue weighted by Crippen LogP contribution is -2.31. The summed E-state index contributed by atoms with van der Waals surface area (Å²) in [4.78, 5) is 6.93. The minimum atomic E-state index is 0.665. The lowest BCUT2D eigenvalue weighted by molar-refractivity contribution is 0.679. The van der Waals surface area contributed by atoms with E-state index in [1.54, 1.807) is 0 Å². The molecule has 2 fully saturated rings. The Kier molecular flexibility index (Phi) is 3.75. The van der Waals surface area contributed by atoms with Crippen molar-refractivity contribution in [3.63, 3.8) is 0 Å². The van der Waals surface area contributed by atoms with Crippen molar-refractivity contribution in [3.05, 3.63) is 23.9 Å². The Morgan fingerprint density at radius 2 is 2.28 bits per heavy atom. The Labute approximate surface area is 113 Å². The number of nitrogens with zero attached hydrogens (tertiary/aromatic N) is 2. The van der Waals surface area contributed by atoms with E-state index in [9.17, 15) is 0 Å². The molecule has 0 spiro atoms. The Balaban J connectivity index is 1.58. The van der Waals surface area contributed by atoms with Crippen molar-refractivity contribution in [2.24, 2.45) is 0 Å². The highest BCUT2D eigenvalue weighted by atomic mass is 32.2. The van der Waals surface area contributed by atoms with Crippen molar-refractivity contribution in [1.82, 2.24) is 10.3 Å². The fourth-order valence-corrected chi connectivity index (χ4v) is 3.56. The van der Waals surface area contributed by atoms with Crippen LogP contribution in [-0.4, -0.2) is 35.6 Å². The molecule has 1 aliphatic carbocycles. The van der Waals surface area contributed by atoms with Gasteiger partial charge in [0.2, 0.25) is 0 Å². The molecule has 1 saturated carbocycles. The number of nitrogens with one attached hydrogen (secondary N) is 1. The number of thioether (sulfide) groups is 1. The number of hydrogen-bond acceptors (Lipinski definition) is 4. The third-order valence-electron chi connectivity index (χ3n) is 3.80. The van der Waals surface area contributed by atoms with E-state index in [1.165, 1.54) is 36.3 Å². The number of pyridine rings is 1. The standard InChI is InChI=1S/C14H21N3S/c1-17(13-6-7-18-10-13)14-5-2-11(9-16-14)8-15-12-3-4-12/h2,5,9,12-13,15H,3-4,6-8,10H2,1H3. The van der Waals surface area contributed by atoms with Crippen LogP contribution in [0.3, 0.4) is 0 Å². The predicted molar refractivity (Wildman–Crippen MR) is 78.2 cm³/mol. The molecule has 1 N–H and O–H groups in total. The molecule has 3 rings (SSSR count). The summed E-state index contributed by atoms with van der Waals surface area (Å²) in [5, 5.41) is 3.52. The molecule has 3 nitrogen and oxygen atoms in total. The van der Waals surface area contributed by atoms with E-state index in [1.807, 2.05) is 18.0 Å². The first-order valence-electron chi connectivity index (χ1n) is 6.82. The molecular formula is C14H21N3S. The van der Waals surface area contributed by atoms with Crippen molar-refractivity contribution in [2.75, 3.05) is 23.5 Å². The summed E-state index contributed by atoms with van der Waals surface area (Å²) in [5.74, 6) is 3.64. The van der Waals surface area contributed by atoms with Gasteiger partial charge in [-0.1, -0.05) is 6.07 Å². The zero-order chi connectivity index (χ0) is 12.4. The monoisotopic (exact) mass is 263 g/mol. The Bertz CT molecular complexity index is 383. The van der Waals surface area contributed by atoms with Crippen LogP contribution in [0.2, 0.25) is 0 Å². The summed E-state index contributed by atoms with van der Waals surface area (Å²) >= 11 is 2.05. The zero-order valence-corrected chi connectivity index (χ0v) is 11.7. The van der Waals surface area contributed by atoms with Gasteiger partial charge >= 0.3 is 0 Å². The normalized spacial score (nSPS) is 23.3. The van der Waals surface area contributed by atoms with Crippen LogP contribution >= 0.6 is 11.8 Å². The van der Waals surface area contributed by atoms with E-state index < -0.39 is 0 Å². The van der Waals surface area contributed by atoms with E-state index in [0.29, 0.717) is 6.04 Å². The van der Waals surface area contributed by atoms with Crippen molar-refractivity contribution in [1.29, 1.82) is 0 Å². The van der Waals surface area contributed by atoms with Gasteiger partial charge < -0.3 is 10.2 Å². The van der Waals surface area contributed by atoms with Gasteiger partial charge in [0, 0.05) is 37.6 Å². The third kappa shape index (κ3) is 2.98. The summed E-state index contributed by atoms with van der Waals surface area (Å²) in [5.41, 5.74) is 1.29. The molecule has 1 unspecified atom stereocenters. The molecule has 1 atom stereocenters. The second-order valence-electron chi connectivity index (χ2n) is 5.31. The van der Waals surface area contributed by atoms with Crippen molar-refractivity contribution >= 4 is 17.6 Å². The third-order valence-corrected chi connectivity index (χ3v) is 4.94. The van der Waals surface area contributed by atoms with Crippen LogP contribution in [0.25, 0.3) is 0 Å². The minimum Gasteiger partial charge on any atom is -0.356 e. The van der Waals surface area contributed by atoms with E-state index in [0.717, 1.165) is 18.4 Å². The Morgan fingerprint density at radius 1 is 1.39 bits per heavy atom. The largest absolute Gasteiger partial charge is 0.356 e. The van der Waals surface area contributed by atoms with E-state index >= 15 is 0 Å². The molecule has 2 heterocycles. The number of aromatic nitrogens is 1. The van der Waals surface area contributed by atoms with Crippen LogP contribution in [-0.2, 0) is 6.54 Å². The highest BCUT2D eigenvalue weighted by molar-refractivity contribution is 7.99. The van der Waals surface area contributed by atoms with Crippen LogP contribution in [0, 0.1) is 0 Å². The number of hydrogen-bond donors (Lipinski definition) is 1. The molecular weight excluding hydrogens is 242 g/mol. The van der Waals surface area contributed by atoms with Crippen LogP contribution in [0.1, 0.15) is 24.8 Å². The summed E-state index contributed by atoms with van der Waals surface area (Å²) in [7, 11) is 2.17. The molecule has 4 heteroatoms. The van der Waals surface area contributed by atoms with Crippen LogP contribution in [0.5, 0.6) is 0 Å². The van der Waals surface area contributed by atoms with Gasteiger partial charge in [-0.25, -0.2) is 4.98 Å². The summed E-state index contributed by atoms with van der Waals surface area (Å²) < 4.78 is 0. The second kappa shape index (κ2) is 5.49. The molecule has 1 saturated heterocycles. The summed E-state index contributed by atoms with van der Waals surface area (Å²) in [6.45, 7) is 0.959. The quantitative estimate of drug-likeness (QED) is 0.882.